The smallest absolute Gasteiger partial charge is 0.140 e. The van der Waals surface area contributed by atoms with Gasteiger partial charge in [-0.1, -0.05) is 19.6 Å². The van der Waals surface area contributed by atoms with E-state index >= 15 is 0 Å². The fourth-order valence-corrected chi connectivity index (χ4v) is 2.20. The van der Waals surface area contributed by atoms with Crippen LogP contribution < -0.4 is 0 Å². The van der Waals surface area contributed by atoms with Crippen molar-refractivity contribution >= 4 is 8.07 Å². The first-order valence-corrected chi connectivity index (χ1v) is 7.24. The van der Waals surface area contributed by atoms with E-state index in [-0.39, 0.29) is 5.91 Å². The molecule has 0 aromatic heterocycles. The first-order chi connectivity index (χ1) is 4.52. The van der Waals surface area contributed by atoms with Crippen molar-refractivity contribution in [3.05, 3.63) is 0 Å². The zero-order valence-electron chi connectivity index (χ0n) is 7.60. The second-order valence-corrected chi connectivity index (χ2v) is 8.59. The van der Waals surface area contributed by atoms with E-state index in [1.807, 2.05) is 6.92 Å². The Labute approximate surface area is 64.5 Å². The largest absolute Gasteiger partial charge is 0.360 e. The summed E-state index contributed by atoms with van der Waals surface area (Å²) in [6, 6.07) is 0. The van der Waals surface area contributed by atoms with Gasteiger partial charge in [-0.3, -0.25) is 0 Å². The number of hydrogen-bond acceptors (Lipinski definition) is 2. The molecule has 0 amide bonds. The molecule has 0 aromatic carbocycles. The van der Waals surface area contributed by atoms with Crippen molar-refractivity contribution in [2.45, 2.75) is 32.5 Å². The first kappa shape index (κ1) is 10.1. The van der Waals surface area contributed by atoms with Gasteiger partial charge < -0.3 is 9.47 Å². The highest BCUT2D eigenvalue weighted by Gasteiger charge is 2.26. The van der Waals surface area contributed by atoms with Crippen molar-refractivity contribution in [1.29, 1.82) is 0 Å². The van der Waals surface area contributed by atoms with Crippen molar-refractivity contribution in [1.82, 2.24) is 0 Å². The molecule has 0 heterocycles. The normalized spacial score (nSPS) is 15.3. The van der Waals surface area contributed by atoms with E-state index < -0.39 is 8.07 Å². The molecule has 0 rings (SSSR count). The Morgan fingerprint density at radius 2 is 1.80 bits per heavy atom. The van der Waals surface area contributed by atoms with Crippen molar-refractivity contribution in [2.75, 3.05) is 13.7 Å². The molecule has 2 nitrogen and oxygen atoms in total. The van der Waals surface area contributed by atoms with Gasteiger partial charge in [0.05, 0.1) is 0 Å². The zero-order chi connectivity index (χ0) is 8.20. The molecule has 0 aliphatic heterocycles. The van der Waals surface area contributed by atoms with Gasteiger partial charge in [0.15, 0.2) is 0 Å². The molecule has 0 spiro atoms. The Balaban J connectivity index is 3.81. The lowest BCUT2D eigenvalue weighted by atomic mass is 10.9. The molecule has 0 aromatic rings. The molecule has 0 saturated carbocycles. The zero-order valence-corrected chi connectivity index (χ0v) is 8.60. The van der Waals surface area contributed by atoms with Gasteiger partial charge in [-0.15, -0.1) is 0 Å². The van der Waals surface area contributed by atoms with E-state index in [4.69, 9.17) is 9.47 Å². The van der Waals surface area contributed by atoms with Crippen molar-refractivity contribution in [3.63, 3.8) is 0 Å². The summed E-state index contributed by atoms with van der Waals surface area (Å²) in [5, 5.41) is 0. The van der Waals surface area contributed by atoms with Crippen LogP contribution in [-0.4, -0.2) is 27.7 Å². The maximum atomic E-state index is 5.40. The second kappa shape index (κ2) is 4.11. The highest BCUT2D eigenvalue weighted by atomic mass is 28.3. The summed E-state index contributed by atoms with van der Waals surface area (Å²) in [5.74, 6) is 0.0532. The lowest BCUT2D eigenvalue weighted by Crippen LogP contribution is -2.41. The molecule has 1 atom stereocenters. The summed E-state index contributed by atoms with van der Waals surface area (Å²) < 4.78 is 10.6. The van der Waals surface area contributed by atoms with E-state index in [0.717, 1.165) is 6.61 Å². The van der Waals surface area contributed by atoms with Crippen molar-refractivity contribution in [3.8, 4) is 0 Å². The van der Waals surface area contributed by atoms with E-state index in [2.05, 4.69) is 19.6 Å². The molecule has 0 aliphatic rings. The van der Waals surface area contributed by atoms with E-state index in [0.29, 0.717) is 0 Å². The molecule has 3 heteroatoms. The molecule has 10 heavy (non-hydrogen) atoms. The van der Waals surface area contributed by atoms with E-state index in [1.54, 1.807) is 7.11 Å². The molecule has 0 bridgehead atoms. The Hall–Kier alpha value is 0.137. The highest BCUT2D eigenvalue weighted by molar-refractivity contribution is 6.76. The van der Waals surface area contributed by atoms with Gasteiger partial charge in [-0.2, -0.15) is 0 Å². The van der Waals surface area contributed by atoms with Gasteiger partial charge in [0.2, 0.25) is 0 Å². The van der Waals surface area contributed by atoms with Gasteiger partial charge >= 0.3 is 0 Å². The summed E-state index contributed by atoms with van der Waals surface area (Å²) >= 11 is 0. The van der Waals surface area contributed by atoms with Gasteiger partial charge in [0.1, 0.15) is 14.0 Å². The second-order valence-electron chi connectivity index (χ2n) is 3.39. The van der Waals surface area contributed by atoms with Crippen LogP contribution >= 0.6 is 0 Å². The molecule has 62 valence electrons. The molecule has 0 fully saturated rings. The predicted octanol–water partition coefficient (Wildman–Crippen LogP) is 1.87. The van der Waals surface area contributed by atoms with Gasteiger partial charge in [0, 0.05) is 13.7 Å². The summed E-state index contributed by atoms with van der Waals surface area (Å²) in [5.41, 5.74) is 0. The third-order valence-electron chi connectivity index (χ3n) is 1.24. The average molecular weight is 162 g/mol. The third kappa shape index (κ3) is 3.34. The maximum Gasteiger partial charge on any atom is 0.140 e. The minimum Gasteiger partial charge on any atom is -0.360 e. The van der Waals surface area contributed by atoms with Crippen LogP contribution in [0, 0.1) is 0 Å². The fraction of sp³-hybridized carbons (Fsp3) is 1.00. The van der Waals surface area contributed by atoms with E-state index in [9.17, 15) is 0 Å². The molecule has 0 N–H and O–H groups in total. The van der Waals surface area contributed by atoms with Gasteiger partial charge in [-0.25, -0.2) is 0 Å². The minimum atomic E-state index is -1.25. The van der Waals surface area contributed by atoms with Crippen molar-refractivity contribution in [2.24, 2.45) is 0 Å². The van der Waals surface area contributed by atoms with Crippen LogP contribution in [0.5, 0.6) is 0 Å². The third-order valence-corrected chi connectivity index (χ3v) is 3.06. The van der Waals surface area contributed by atoms with E-state index in [1.165, 1.54) is 0 Å². The van der Waals surface area contributed by atoms with Crippen LogP contribution in [-0.2, 0) is 9.47 Å². The van der Waals surface area contributed by atoms with Crippen LogP contribution in [0.2, 0.25) is 19.6 Å². The molecular weight excluding hydrogens is 144 g/mol. The fourth-order valence-electron chi connectivity index (χ4n) is 0.823. The monoisotopic (exact) mass is 162 g/mol. The summed E-state index contributed by atoms with van der Waals surface area (Å²) in [7, 11) is 0.455. The lowest BCUT2D eigenvalue weighted by Gasteiger charge is -2.26. The average Bonchev–Trinajstić information content (AvgIpc) is 1.80. The summed E-state index contributed by atoms with van der Waals surface area (Å²) in [6.45, 7) is 9.43. The quantitative estimate of drug-likeness (QED) is 0.464. The van der Waals surface area contributed by atoms with Crippen LogP contribution in [0.15, 0.2) is 0 Å². The topological polar surface area (TPSA) is 18.5 Å². The van der Waals surface area contributed by atoms with Crippen LogP contribution in [0.25, 0.3) is 0 Å². The number of hydrogen-bond donors (Lipinski definition) is 0. The molecule has 0 saturated heterocycles. The molecular formula is C7H18O2Si. The Bertz CT molecular complexity index is 88.1. The SMILES string of the molecule is CCOC(OC)[Si](C)(C)C. The Morgan fingerprint density at radius 1 is 1.30 bits per heavy atom. The highest BCUT2D eigenvalue weighted by Crippen LogP contribution is 2.11. The Morgan fingerprint density at radius 3 is 1.90 bits per heavy atom. The summed E-state index contributed by atoms with van der Waals surface area (Å²) in [6.07, 6.45) is 0. The molecule has 0 aliphatic carbocycles. The van der Waals surface area contributed by atoms with Crippen LogP contribution in [0.1, 0.15) is 6.92 Å². The first-order valence-electron chi connectivity index (χ1n) is 3.66. The minimum absolute atomic E-state index is 0.0532. The Kier molecular flexibility index (Phi) is 4.16. The van der Waals surface area contributed by atoms with Gasteiger partial charge in [-0.05, 0) is 6.92 Å². The number of rotatable bonds is 4. The number of methoxy groups -OCH3 is 1. The van der Waals surface area contributed by atoms with Crippen molar-refractivity contribution < 1.29 is 9.47 Å². The van der Waals surface area contributed by atoms with Crippen LogP contribution in [0.4, 0.5) is 0 Å². The standard InChI is InChI=1S/C7H18O2Si/c1-6-9-7(8-2)10(3,4)5/h7H,6H2,1-5H3. The maximum absolute atomic E-state index is 5.40. The van der Waals surface area contributed by atoms with Gasteiger partial charge in [0.25, 0.3) is 0 Å². The lowest BCUT2D eigenvalue weighted by molar-refractivity contribution is -0.0697. The van der Waals surface area contributed by atoms with Crippen LogP contribution in [0.3, 0.4) is 0 Å². The number of ether oxygens (including phenoxy) is 2. The molecule has 1 unspecified atom stereocenters. The molecule has 0 radical (unpaired) electrons. The predicted molar refractivity (Wildman–Crippen MR) is 45.8 cm³/mol. The summed E-state index contributed by atoms with van der Waals surface area (Å²) in [4.78, 5) is 0.